The van der Waals surface area contributed by atoms with Crippen LogP contribution < -0.4 is 0 Å². The van der Waals surface area contributed by atoms with E-state index in [1.54, 1.807) is 0 Å². The van der Waals surface area contributed by atoms with E-state index >= 15 is 0 Å². The van der Waals surface area contributed by atoms with Gasteiger partial charge in [-0.2, -0.15) is 0 Å². The molecule has 1 aromatic carbocycles. The van der Waals surface area contributed by atoms with Crippen molar-refractivity contribution in [1.82, 2.24) is 4.90 Å². The molecule has 1 heterocycles. The molecule has 104 valence electrons. The van der Waals surface area contributed by atoms with Crippen molar-refractivity contribution in [2.45, 2.75) is 19.4 Å². The molecular weight excluding hydrogens is 262 g/mol. The Hall–Kier alpha value is -0.900. The number of carbonyl (C=O) groups excluding carboxylic acids is 1. The Kier molecular flexibility index (Phi) is 4.97. The van der Waals surface area contributed by atoms with Gasteiger partial charge in [0.2, 0.25) is 0 Å². The molecule has 1 saturated heterocycles. The Morgan fingerprint density at radius 2 is 2.05 bits per heavy atom. The van der Waals surface area contributed by atoms with Gasteiger partial charge >= 0.3 is 0 Å². The molecule has 0 radical (unpaired) electrons. The Bertz CT molecular complexity index is 430. The lowest BCUT2D eigenvalue weighted by Crippen LogP contribution is -2.41. The van der Waals surface area contributed by atoms with E-state index in [2.05, 4.69) is 4.90 Å². The minimum atomic E-state index is -0.256. The van der Waals surface area contributed by atoms with Gasteiger partial charge in [-0.15, -0.1) is 0 Å². The highest BCUT2D eigenvalue weighted by atomic mass is 35.5. The monoisotopic (exact) mass is 281 g/mol. The summed E-state index contributed by atoms with van der Waals surface area (Å²) in [6.45, 7) is 2.87. The number of carbonyl (C=O) groups is 1. The van der Waals surface area contributed by atoms with Crippen molar-refractivity contribution >= 4 is 17.9 Å². The van der Waals surface area contributed by atoms with E-state index in [0.29, 0.717) is 13.2 Å². The third-order valence-corrected chi connectivity index (χ3v) is 4.09. The summed E-state index contributed by atoms with van der Waals surface area (Å²) in [6, 6.07) is 7.83. The van der Waals surface area contributed by atoms with E-state index in [-0.39, 0.29) is 5.41 Å². The van der Waals surface area contributed by atoms with Gasteiger partial charge in [0.05, 0.1) is 0 Å². The van der Waals surface area contributed by atoms with Gasteiger partial charge in [0, 0.05) is 36.7 Å². The van der Waals surface area contributed by atoms with Crippen LogP contribution in [0.4, 0.5) is 0 Å². The van der Waals surface area contributed by atoms with Crippen molar-refractivity contribution in [1.29, 1.82) is 0 Å². The fraction of sp³-hybridized carbons (Fsp3) is 0.533. The largest absolute Gasteiger partial charge is 0.381 e. The van der Waals surface area contributed by atoms with Gasteiger partial charge in [-0.3, -0.25) is 0 Å². The fourth-order valence-electron chi connectivity index (χ4n) is 2.60. The molecule has 1 aliphatic heterocycles. The number of ether oxygens (including phenoxy) is 1. The van der Waals surface area contributed by atoms with E-state index in [1.807, 2.05) is 31.3 Å². The van der Waals surface area contributed by atoms with E-state index in [1.165, 1.54) is 0 Å². The van der Waals surface area contributed by atoms with Crippen LogP contribution in [0.15, 0.2) is 24.3 Å². The van der Waals surface area contributed by atoms with Crippen molar-refractivity contribution in [3.05, 3.63) is 34.9 Å². The smallest absolute Gasteiger partial charge is 0.127 e. The third kappa shape index (κ3) is 3.78. The fourth-order valence-corrected chi connectivity index (χ4v) is 2.80. The number of nitrogens with zero attached hydrogens (tertiary/aromatic N) is 1. The Morgan fingerprint density at radius 3 is 2.68 bits per heavy atom. The van der Waals surface area contributed by atoms with Crippen LogP contribution in [-0.4, -0.2) is 38.0 Å². The minimum absolute atomic E-state index is 0.256. The predicted molar refractivity (Wildman–Crippen MR) is 76.3 cm³/mol. The minimum Gasteiger partial charge on any atom is -0.381 e. The zero-order valence-electron chi connectivity index (χ0n) is 11.3. The summed E-state index contributed by atoms with van der Waals surface area (Å²) in [5.41, 5.74) is 0.841. The molecular formula is C15H20ClNO2. The van der Waals surface area contributed by atoms with Crippen molar-refractivity contribution in [2.24, 2.45) is 5.41 Å². The van der Waals surface area contributed by atoms with Crippen LogP contribution in [-0.2, 0) is 16.1 Å². The summed E-state index contributed by atoms with van der Waals surface area (Å²) in [4.78, 5) is 13.6. The van der Waals surface area contributed by atoms with Gasteiger partial charge in [-0.05, 0) is 31.5 Å². The molecule has 0 amide bonds. The number of rotatable bonds is 5. The van der Waals surface area contributed by atoms with E-state index in [0.717, 1.165) is 42.8 Å². The maximum atomic E-state index is 11.4. The number of halogens is 1. The van der Waals surface area contributed by atoms with Crippen LogP contribution in [0.25, 0.3) is 0 Å². The topological polar surface area (TPSA) is 29.5 Å². The maximum Gasteiger partial charge on any atom is 0.127 e. The Balaban J connectivity index is 1.98. The average Bonchev–Trinajstić information content (AvgIpc) is 2.42. The predicted octanol–water partition coefficient (Wildman–Crippen LogP) is 2.77. The number of hydrogen-bond acceptors (Lipinski definition) is 3. The van der Waals surface area contributed by atoms with Crippen molar-refractivity contribution in [3.63, 3.8) is 0 Å². The molecule has 0 bridgehead atoms. The van der Waals surface area contributed by atoms with Crippen LogP contribution in [0.3, 0.4) is 0 Å². The molecule has 0 atom stereocenters. The second-order valence-electron chi connectivity index (χ2n) is 5.36. The molecule has 1 aliphatic rings. The highest BCUT2D eigenvalue weighted by Gasteiger charge is 2.33. The molecule has 0 saturated carbocycles. The summed E-state index contributed by atoms with van der Waals surface area (Å²) >= 11 is 6.16. The van der Waals surface area contributed by atoms with Crippen LogP contribution in [0.2, 0.25) is 5.02 Å². The van der Waals surface area contributed by atoms with Crippen molar-refractivity contribution in [3.8, 4) is 0 Å². The second-order valence-corrected chi connectivity index (χ2v) is 5.76. The molecule has 3 nitrogen and oxygen atoms in total. The Morgan fingerprint density at radius 1 is 1.37 bits per heavy atom. The van der Waals surface area contributed by atoms with Gasteiger partial charge in [0.1, 0.15) is 6.29 Å². The first-order valence-electron chi connectivity index (χ1n) is 6.61. The van der Waals surface area contributed by atoms with Gasteiger partial charge in [-0.25, -0.2) is 0 Å². The summed E-state index contributed by atoms with van der Waals surface area (Å²) < 4.78 is 5.35. The molecule has 4 heteroatoms. The standard InChI is InChI=1S/C15H20ClNO2/c1-17(10-13-4-2-3-5-14(13)16)11-15(12-18)6-8-19-9-7-15/h2-5,12H,6-11H2,1H3. The summed E-state index contributed by atoms with van der Waals surface area (Å²) in [5.74, 6) is 0. The lowest BCUT2D eigenvalue weighted by atomic mass is 9.81. The quantitative estimate of drug-likeness (QED) is 0.777. The highest BCUT2D eigenvalue weighted by molar-refractivity contribution is 6.31. The summed E-state index contributed by atoms with van der Waals surface area (Å²) in [6.07, 6.45) is 2.73. The number of hydrogen-bond donors (Lipinski definition) is 0. The zero-order chi connectivity index (χ0) is 13.7. The second kappa shape index (κ2) is 6.51. The van der Waals surface area contributed by atoms with Gasteiger partial charge in [-0.1, -0.05) is 29.8 Å². The first-order chi connectivity index (χ1) is 9.15. The van der Waals surface area contributed by atoms with Gasteiger partial charge in [0.25, 0.3) is 0 Å². The van der Waals surface area contributed by atoms with Crippen LogP contribution >= 0.6 is 11.6 Å². The normalized spacial score (nSPS) is 18.5. The lowest BCUT2D eigenvalue weighted by Gasteiger charge is -2.35. The summed E-state index contributed by atoms with van der Waals surface area (Å²) in [5, 5.41) is 0.779. The molecule has 1 fully saturated rings. The summed E-state index contributed by atoms with van der Waals surface area (Å²) in [7, 11) is 2.03. The first kappa shape index (κ1) is 14.5. The highest BCUT2D eigenvalue weighted by Crippen LogP contribution is 2.29. The molecule has 2 rings (SSSR count). The van der Waals surface area contributed by atoms with Crippen LogP contribution in [0, 0.1) is 5.41 Å². The molecule has 0 aromatic heterocycles. The number of benzene rings is 1. The van der Waals surface area contributed by atoms with E-state index in [4.69, 9.17) is 16.3 Å². The molecule has 0 aliphatic carbocycles. The number of aldehydes is 1. The molecule has 0 spiro atoms. The Labute approximate surface area is 119 Å². The zero-order valence-corrected chi connectivity index (χ0v) is 12.0. The van der Waals surface area contributed by atoms with Crippen molar-refractivity contribution < 1.29 is 9.53 Å². The SMILES string of the molecule is CN(Cc1ccccc1Cl)CC1(C=O)CCOCC1. The maximum absolute atomic E-state index is 11.4. The van der Waals surface area contributed by atoms with Crippen LogP contribution in [0.5, 0.6) is 0 Å². The van der Waals surface area contributed by atoms with Gasteiger partial charge < -0.3 is 14.4 Å². The molecule has 0 N–H and O–H groups in total. The van der Waals surface area contributed by atoms with E-state index < -0.39 is 0 Å². The third-order valence-electron chi connectivity index (χ3n) is 3.72. The van der Waals surface area contributed by atoms with Crippen LogP contribution in [0.1, 0.15) is 18.4 Å². The van der Waals surface area contributed by atoms with Crippen molar-refractivity contribution in [2.75, 3.05) is 26.8 Å². The lowest BCUT2D eigenvalue weighted by molar-refractivity contribution is -0.122. The van der Waals surface area contributed by atoms with E-state index in [9.17, 15) is 4.79 Å². The molecule has 19 heavy (non-hydrogen) atoms. The van der Waals surface area contributed by atoms with Gasteiger partial charge in [0.15, 0.2) is 0 Å². The average molecular weight is 282 g/mol. The molecule has 1 aromatic rings. The first-order valence-corrected chi connectivity index (χ1v) is 6.99. The molecule has 0 unspecified atom stereocenters.